The second-order valence-corrected chi connectivity index (χ2v) is 2.66. The van der Waals surface area contributed by atoms with Gasteiger partial charge in [0.25, 0.3) is 0 Å². The number of unbranched alkanes of at least 4 members (excludes halogenated alkanes) is 1. The van der Waals surface area contributed by atoms with Crippen LogP contribution in [0.15, 0.2) is 0 Å². The van der Waals surface area contributed by atoms with Crippen molar-refractivity contribution in [3.8, 4) is 0 Å². The van der Waals surface area contributed by atoms with Crippen molar-refractivity contribution in [2.75, 3.05) is 0 Å². The molecule has 0 aromatic heterocycles. The Morgan fingerprint density at radius 1 is 1.33 bits per heavy atom. The summed E-state index contributed by atoms with van der Waals surface area (Å²) in [6.07, 6.45) is 5.53. The molecule has 0 aliphatic heterocycles. The molecule has 0 aromatic carbocycles. The summed E-state index contributed by atoms with van der Waals surface area (Å²) in [5.41, 5.74) is 0. The smallest absolute Gasteiger partial charge is 1.00 e. The van der Waals surface area contributed by atoms with Crippen molar-refractivity contribution in [3.05, 3.63) is 0 Å². The van der Waals surface area contributed by atoms with Gasteiger partial charge in [-0.25, -0.2) is 0 Å². The molecule has 1 atom stereocenters. The first kappa shape index (κ1) is 12.7. The first-order valence-electron chi connectivity index (χ1n) is 3.81. The topological polar surface area (TPSA) is 0 Å². The molecule has 0 aliphatic rings. The zero-order chi connectivity index (χ0) is 6.41. The van der Waals surface area contributed by atoms with Gasteiger partial charge in [-0.05, 0) is 5.92 Å². The van der Waals surface area contributed by atoms with Gasteiger partial charge in [0.2, 0.25) is 0 Å². The van der Waals surface area contributed by atoms with E-state index in [0.29, 0.717) is 0 Å². The van der Waals surface area contributed by atoms with Crippen LogP contribution in [-0.2, 0) is 0 Å². The largest absolute Gasteiger partial charge is 1.00 e. The van der Waals surface area contributed by atoms with Crippen molar-refractivity contribution >= 4 is 0 Å². The predicted octanol–water partition coefficient (Wildman–Crippen LogP) is 0.339. The molecular weight excluding hydrogens is 119 g/mol. The molecule has 0 spiro atoms. The minimum Gasteiger partial charge on any atom is -1.00 e. The monoisotopic (exact) mass is 138 g/mol. The molecule has 0 heterocycles. The average molecular weight is 138 g/mol. The van der Waals surface area contributed by atoms with Crippen LogP contribution in [-0.4, -0.2) is 0 Å². The zero-order valence-electron chi connectivity index (χ0n) is 8.41. The summed E-state index contributed by atoms with van der Waals surface area (Å²) in [7, 11) is 0. The van der Waals surface area contributed by atoms with E-state index in [-0.39, 0.29) is 31.0 Å². The second kappa shape index (κ2) is 9.00. The first-order valence-corrected chi connectivity index (χ1v) is 3.81. The van der Waals surface area contributed by atoms with Crippen molar-refractivity contribution < 1.29 is 31.0 Å². The molecule has 0 aromatic rings. The maximum absolute atomic E-state index is 2.33. The Bertz CT molecular complexity index is 48.5. The maximum atomic E-state index is 2.33. The van der Waals surface area contributed by atoms with Crippen LogP contribution in [0.2, 0.25) is 0 Å². The van der Waals surface area contributed by atoms with E-state index in [9.17, 15) is 0 Å². The molecule has 0 aliphatic carbocycles. The summed E-state index contributed by atoms with van der Waals surface area (Å²) < 4.78 is 0. The molecular formula is C8H19Na. The van der Waals surface area contributed by atoms with Gasteiger partial charge < -0.3 is 1.43 Å². The molecule has 1 heteroatoms. The molecule has 0 nitrogen and oxygen atoms in total. The van der Waals surface area contributed by atoms with Gasteiger partial charge in [-0.3, -0.25) is 0 Å². The van der Waals surface area contributed by atoms with Gasteiger partial charge in [0.05, 0.1) is 0 Å². The Labute approximate surface area is 83.2 Å². The van der Waals surface area contributed by atoms with E-state index in [1.807, 2.05) is 0 Å². The summed E-state index contributed by atoms with van der Waals surface area (Å²) in [4.78, 5) is 0. The van der Waals surface area contributed by atoms with E-state index in [0.717, 1.165) is 5.92 Å². The van der Waals surface area contributed by atoms with Crippen molar-refractivity contribution in [1.82, 2.24) is 0 Å². The van der Waals surface area contributed by atoms with Gasteiger partial charge in [0.1, 0.15) is 0 Å². The van der Waals surface area contributed by atoms with Crippen LogP contribution < -0.4 is 29.6 Å². The summed E-state index contributed by atoms with van der Waals surface area (Å²) in [6.45, 7) is 6.85. The van der Waals surface area contributed by atoms with Gasteiger partial charge in [-0.1, -0.05) is 46.5 Å². The fraction of sp³-hybridized carbons (Fsp3) is 1.00. The maximum Gasteiger partial charge on any atom is 1.00 e. The van der Waals surface area contributed by atoms with E-state index in [1.165, 1.54) is 25.7 Å². The molecule has 0 rings (SSSR count). The molecule has 9 heavy (non-hydrogen) atoms. The van der Waals surface area contributed by atoms with E-state index in [4.69, 9.17) is 0 Å². The Morgan fingerprint density at radius 2 is 1.89 bits per heavy atom. The Balaban J connectivity index is -0.000000245. The van der Waals surface area contributed by atoms with Crippen molar-refractivity contribution in [2.45, 2.75) is 46.5 Å². The first-order chi connectivity index (χ1) is 3.81. The minimum atomic E-state index is 0. The Kier molecular flexibility index (Phi) is 12.7. The van der Waals surface area contributed by atoms with Crippen LogP contribution in [0.3, 0.4) is 0 Å². The molecule has 1 unspecified atom stereocenters. The number of hydrogen-bond acceptors (Lipinski definition) is 0. The zero-order valence-corrected chi connectivity index (χ0v) is 9.41. The molecule has 0 saturated heterocycles. The van der Waals surface area contributed by atoms with Crippen molar-refractivity contribution in [3.63, 3.8) is 0 Å². The van der Waals surface area contributed by atoms with Crippen LogP contribution in [0.4, 0.5) is 0 Å². The van der Waals surface area contributed by atoms with Gasteiger partial charge in [-0.2, -0.15) is 0 Å². The van der Waals surface area contributed by atoms with Crippen LogP contribution in [0.5, 0.6) is 0 Å². The van der Waals surface area contributed by atoms with Gasteiger partial charge in [-0.15, -0.1) is 0 Å². The number of rotatable bonds is 4. The molecule has 0 amide bonds. The van der Waals surface area contributed by atoms with E-state index >= 15 is 0 Å². The molecule has 0 N–H and O–H groups in total. The van der Waals surface area contributed by atoms with Crippen LogP contribution in [0.25, 0.3) is 0 Å². The SMILES string of the molecule is CCCCC(C)CC.[H-].[Na+]. The number of hydrogen-bond donors (Lipinski definition) is 0. The van der Waals surface area contributed by atoms with E-state index in [1.54, 1.807) is 0 Å². The quantitative estimate of drug-likeness (QED) is 0.491. The van der Waals surface area contributed by atoms with Gasteiger partial charge in [0.15, 0.2) is 0 Å². The fourth-order valence-electron chi connectivity index (χ4n) is 0.757. The van der Waals surface area contributed by atoms with Crippen molar-refractivity contribution in [1.29, 1.82) is 0 Å². The summed E-state index contributed by atoms with van der Waals surface area (Å²) >= 11 is 0. The third-order valence-corrected chi connectivity index (χ3v) is 1.75. The third-order valence-electron chi connectivity index (χ3n) is 1.75. The van der Waals surface area contributed by atoms with Crippen LogP contribution in [0.1, 0.15) is 47.9 Å². The second-order valence-electron chi connectivity index (χ2n) is 2.66. The van der Waals surface area contributed by atoms with Crippen LogP contribution in [0, 0.1) is 5.92 Å². The fourth-order valence-corrected chi connectivity index (χ4v) is 0.757. The molecule has 0 fully saturated rings. The van der Waals surface area contributed by atoms with Gasteiger partial charge >= 0.3 is 29.6 Å². The summed E-state index contributed by atoms with van der Waals surface area (Å²) in [5, 5.41) is 0. The Morgan fingerprint density at radius 3 is 2.22 bits per heavy atom. The summed E-state index contributed by atoms with van der Waals surface area (Å²) in [5.74, 6) is 0.954. The summed E-state index contributed by atoms with van der Waals surface area (Å²) in [6, 6.07) is 0. The standard InChI is InChI=1S/C8H18.Na.H/c1-4-6-7-8(3)5-2;;/h8H,4-7H2,1-3H3;;/q;+1;-1. The molecule has 52 valence electrons. The molecule has 0 saturated carbocycles. The third kappa shape index (κ3) is 9.00. The van der Waals surface area contributed by atoms with Crippen molar-refractivity contribution in [2.24, 2.45) is 5.92 Å². The van der Waals surface area contributed by atoms with Gasteiger partial charge in [0, 0.05) is 0 Å². The van der Waals surface area contributed by atoms with E-state index in [2.05, 4.69) is 20.8 Å². The minimum absolute atomic E-state index is 0. The Hall–Kier alpha value is 1.00. The molecule has 0 bridgehead atoms. The molecule has 0 radical (unpaired) electrons. The van der Waals surface area contributed by atoms with E-state index < -0.39 is 0 Å². The average Bonchev–Trinajstić information content (AvgIpc) is 1.83. The predicted molar refractivity (Wildman–Crippen MR) is 40.1 cm³/mol. The normalized spacial score (nSPS) is 12.3. The van der Waals surface area contributed by atoms with Crippen LogP contribution >= 0.6 is 0 Å².